The lowest BCUT2D eigenvalue weighted by molar-refractivity contribution is 0.0916. The number of carbonyl (C=O) groups is 1. The average Bonchev–Trinajstić information content (AvgIpc) is 2.46. The molecule has 0 spiro atoms. The van der Waals surface area contributed by atoms with E-state index in [1.807, 2.05) is 30.3 Å². The SMILES string of the molecule is O=C(NCC(O)c1ccccc1)c1[c]cccc1. The Balaban J connectivity index is 1.91. The summed E-state index contributed by atoms with van der Waals surface area (Å²) < 4.78 is 0. The molecule has 3 heteroatoms. The minimum Gasteiger partial charge on any atom is -0.387 e. The van der Waals surface area contributed by atoms with Gasteiger partial charge in [0.1, 0.15) is 0 Å². The van der Waals surface area contributed by atoms with Crippen LogP contribution in [0.25, 0.3) is 0 Å². The minimum atomic E-state index is -0.695. The number of nitrogens with one attached hydrogen (secondary N) is 1. The second-order valence-electron chi connectivity index (χ2n) is 3.91. The molecule has 91 valence electrons. The fraction of sp³-hybridized carbons (Fsp3) is 0.133. The van der Waals surface area contributed by atoms with E-state index < -0.39 is 6.10 Å². The molecule has 0 aliphatic carbocycles. The summed E-state index contributed by atoms with van der Waals surface area (Å²) in [6, 6.07) is 19.0. The van der Waals surface area contributed by atoms with Crippen molar-refractivity contribution in [3.8, 4) is 0 Å². The Hall–Kier alpha value is -2.13. The molecule has 0 aliphatic rings. The number of aliphatic hydroxyl groups is 1. The molecular formula is C15H14NO2. The molecule has 0 saturated heterocycles. The smallest absolute Gasteiger partial charge is 0.252 e. The summed E-state index contributed by atoms with van der Waals surface area (Å²) in [7, 11) is 0. The van der Waals surface area contributed by atoms with Crippen LogP contribution in [-0.4, -0.2) is 17.6 Å². The van der Waals surface area contributed by atoms with Crippen molar-refractivity contribution >= 4 is 5.91 Å². The Bertz CT molecular complexity index is 496. The Morgan fingerprint density at radius 1 is 1.17 bits per heavy atom. The van der Waals surface area contributed by atoms with Crippen molar-refractivity contribution in [1.29, 1.82) is 0 Å². The third kappa shape index (κ3) is 3.18. The standard InChI is InChI=1S/C15H14NO2/c17-14(12-7-3-1-4-8-12)11-16-15(18)13-9-5-2-6-10-13/h1-9,14,17H,11H2,(H,16,18). The average molecular weight is 240 g/mol. The van der Waals surface area contributed by atoms with E-state index in [9.17, 15) is 9.90 Å². The molecule has 0 saturated carbocycles. The zero-order valence-electron chi connectivity index (χ0n) is 9.84. The Morgan fingerprint density at radius 3 is 2.56 bits per heavy atom. The summed E-state index contributed by atoms with van der Waals surface area (Å²) in [4.78, 5) is 11.7. The Kier molecular flexibility index (Phi) is 4.10. The number of hydrogen-bond donors (Lipinski definition) is 2. The van der Waals surface area contributed by atoms with Gasteiger partial charge in [0, 0.05) is 12.1 Å². The fourth-order valence-corrected chi connectivity index (χ4v) is 1.61. The van der Waals surface area contributed by atoms with Crippen molar-refractivity contribution in [2.75, 3.05) is 6.54 Å². The van der Waals surface area contributed by atoms with Gasteiger partial charge in [-0.15, -0.1) is 0 Å². The molecule has 3 nitrogen and oxygen atoms in total. The van der Waals surface area contributed by atoms with Crippen LogP contribution >= 0.6 is 0 Å². The van der Waals surface area contributed by atoms with E-state index in [0.717, 1.165) is 5.56 Å². The third-order valence-electron chi connectivity index (χ3n) is 2.59. The lowest BCUT2D eigenvalue weighted by Crippen LogP contribution is -2.28. The van der Waals surface area contributed by atoms with Crippen LogP contribution < -0.4 is 5.32 Å². The first-order chi connectivity index (χ1) is 8.77. The van der Waals surface area contributed by atoms with E-state index in [0.29, 0.717) is 5.56 Å². The van der Waals surface area contributed by atoms with Gasteiger partial charge in [-0.1, -0.05) is 48.5 Å². The lowest BCUT2D eigenvalue weighted by atomic mass is 10.1. The van der Waals surface area contributed by atoms with Crippen LogP contribution in [0.2, 0.25) is 0 Å². The zero-order valence-corrected chi connectivity index (χ0v) is 9.84. The quantitative estimate of drug-likeness (QED) is 0.858. The van der Waals surface area contributed by atoms with Gasteiger partial charge in [0.15, 0.2) is 0 Å². The predicted molar refractivity (Wildman–Crippen MR) is 69.0 cm³/mol. The molecule has 18 heavy (non-hydrogen) atoms. The van der Waals surface area contributed by atoms with Gasteiger partial charge in [-0.25, -0.2) is 0 Å². The van der Waals surface area contributed by atoms with Crippen LogP contribution in [-0.2, 0) is 0 Å². The van der Waals surface area contributed by atoms with Crippen molar-refractivity contribution in [2.45, 2.75) is 6.10 Å². The number of rotatable bonds is 4. The summed E-state index contributed by atoms with van der Waals surface area (Å²) in [5.74, 6) is -0.231. The van der Waals surface area contributed by atoms with Crippen LogP contribution in [0.15, 0.2) is 54.6 Å². The molecule has 0 heterocycles. The van der Waals surface area contributed by atoms with E-state index >= 15 is 0 Å². The molecule has 2 aromatic carbocycles. The molecule has 1 amide bonds. The van der Waals surface area contributed by atoms with Crippen LogP contribution in [0.5, 0.6) is 0 Å². The van der Waals surface area contributed by atoms with E-state index in [1.54, 1.807) is 24.3 Å². The molecule has 1 unspecified atom stereocenters. The molecule has 0 aromatic heterocycles. The highest BCUT2D eigenvalue weighted by Gasteiger charge is 2.09. The van der Waals surface area contributed by atoms with Crippen LogP contribution in [0, 0.1) is 6.07 Å². The maximum atomic E-state index is 11.7. The van der Waals surface area contributed by atoms with Crippen molar-refractivity contribution in [3.63, 3.8) is 0 Å². The van der Waals surface area contributed by atoms with E-state index in [-0.39, 0.29) is 12.5 Å². The predicted octanol–water partition coefficient (Wildman–Crippen LogP) is 1.95. The first-order valence-electron chi connectivity index (χ1n) is 5.75. The van der Waals surface area contributed by atoms with Gasteiger partial charge in [-0.3, -0.25) is 4.79 Å². The molecular weight excluding hydrogens is 226 g/mol. The third-order valence-corrected chi connectivity index (χ3v) is 2.59. The van der Waals surface area contributed by atoms with Crippen molar-refractivity contribution < 1.29 is 9.90 Å². The van der Waals surface area contributed by atoms with Crippen LogP contribution in [0.4, 0.5) is 0 Å². The van der Waals surface area contributed by atoms with E-state index in [4.69, 9.17) is 0 Å². The first-order valence-corrected chi connectivity index (χ1v) is 5.75. The Labute approximate surface area is 106 Å². The summed E-state index contributed by atoms with van der Waals surface area (Å²) in [5, 5.41) is 12.6. The summed E-state index contributed by atoms with van der Waals surface area (Å²) >= 11 is 0. The molecule has 2 rings (SSSR count). The lowest BCUT2D eigenvalue weighted by Gasteiger charge is -2.12. The molecule has 2 N–H and O–H groups in total. The van der Waals surface area contributed by atoms with Gasteiger partial charge in [-0.2, -0.15) is 0 Å². The van der Waals surface area contributed by atoms with Crippen molar-refractivity contribution in [1.82, 2.24) is 5.32 Å². The maximum absolute atomic E-state index is 11.7. The number of amides is 1. The second-order valence-corrected chi connectivity index (χ2v) is 3.91. The van der Waals surface area contributed by atoms with Crippen molar-refractivity contribution in [3.05, 3.63) is 71.8 Å². The largest absolute Gasteiger partial charge is 0.387 e. The molecule has 1 radical (unpaired) electrons. The summed E-state index contributed by atoms with van der Waals surface area (Å²) in [6.45, 7) is 0.186. The number of benzene rings is 2. The van der Waals surface area contributed by atoms with Gasteiger partial charge in [-0.05, 0) is 17.7 Å². The topological polar surface area (TPSA) is 49.3 Å². The highest BCUT2D eigenvalue weighted by atomic mass is 16.3. The number of carbonyl (C=O) groups excluding carboxylic acids is 1. The molecule has 2 aromatic rings. The molecule has 0 aliphatic heterocycles. The van der Waals surface area contributed by atoms with Crippen LogP contribution in [0.3, 0.4) is 0 Å². The number of hydrogen-bond acceptors (Lipinski definition) is 2. The van der Waals surface area contributed by atoms with Gasteiger partial charge < -0.3 is 10.4 Å². The highest BCUT2D eigenvalue weighted by Crippen LogP contribution is 2.10. The van der Waals surface area contributed by atoms with Gasteiger partial charge in [0.25, 0.3) is 5.91 Å². The minimum absolute atomic E-state index is 0.186. The molecule has 0 fully saturated rings. The van der Waals surface area contributed by atoms with Gasteiger partial charge >= 0.3 is 0 Å². The monoisotopic (exact) mass is 240 g/mol. The van der Waals surface area contributed by atoms with E-state index in [2.05, 4.69) is 11.4 Å². The number of aliphatic hydroxyl groups excluding tert-OH is 1. The van der Waals surface area contributed by atoms with Gasteiger partial charge in [0.2, 0.25) is 0 Å². The Morgan fingerprint density at radius 2 is 1.89 bits per heavy atom. The summed E-state index contributed by atoms with van der Waals surface area (Å²) in [6.07, 6.45) is -0.695. The first kappa shape index (κ1) is 12.3. The van der Waals surface area contributed by atoms with Crippen molar-refractivity contribution in [2.24, 2.45) is 0 Å². The molecule has 1 atom stereocenters. The normalized spacial score (nSPS) is 11.8. The zero-order chi connectivity index (χ0) is 12.8. The summed E-state index contributed by atoms with van der Waals surface area (Å²) in [5.41, 5.74) is 1.26. The van der Waals surface area contributed by atoms with E-state index in [1.165, 1.54) is 0 Å². The highest BCUT2D eigenvalue weighted by molar-refractivity contribution is 5.93. The van der Waals surface area contributed by atoms with Crippen LogP contribution in [0.1, 0.15) is 22.0 Å². The van der Waals surface area contributed by atoms with Gasteiger partial charge in [0.05, 0.1) is 6.10 Å². The second kappa shape index (κ2) is 5.98. The maximum Gasteiger partial charge on any atom is 0.252 e. The molecule has 0 bridgehead atoms. The fourth-order valence-electron chi connectivity index (χ4n) is 1.61.